The van der Waals surface area contributed by atoms with Gasteiger partial charge >= 0.3 is 0 Å². The minimum absolute atomic E-state index is 0.0203. The standard InChI is InChI=1S/C16H16BrN3O/c17-12-3-5-13(6-4-12)19-14-7-8-18-15(11-14)16(21)20-9-1-2-10-20/h3-8,11H,1-2,9-10H2,(H,18,19). The Labute approximate surface area is 132 Å². The second kappa shape index (κ2) is 6.26. The minimum atomic E-state index is 0.0203. The van der Waals surface area contributed by atoms with Crippen LogP contribution >= 0.6 is 15.9 Å². The number of benzene rings is 1. The molecule has 1 aromatic heterocycles. The Hall–Kier alpha value is -1.88. The monoisotopic (exact) mass is 345 g/mol. The number of amides is 1. The van der Waals surface area contributed by atoms with Crippen molar-refractivity contribution in [2.75, 3.05) is 18.4 Å². The van der Waals surface area contributed by atoms with E-state index in [1.165, 1.54) is 0 Å². The molecular formula is C16H16BrN3O. The number of nitrogens with zero attached hydrogens (tertiary/aromatic N) is 2. The summed E-state index contributed by atoms with van der Waals surface area (Å²) in [4.78, 5) is 18.4. The van der Waals surface area contributed by atoms with Gasteiger partial charge in [-0.05, 0) is 49.2 Å². The van der Waals surface area contributed by atoms with E-state index in [1.807, 2.05) is 41.3 Å². The lowest BCUT2D eigenvalue weighted by atomic mass is 10.2. The van der Waals surface area contributed by atoms with Crippen LogP contribution in [-0.4, -0.2) is 28.9 Å². The summed E-state index contributed by atoms with van der Waals surface area (Å²) in [7, 11) is 0. The van der Waals surface area contributed by atoms with Gasteiger partial charge in [0, 0.05) is 35.1 Å². The van der Waals surface area contributed by atoms with Crippen molar-refractivity contribution in [2.45, 2.75) is 12.8 Å². The quantitative estimate of drug-likeness (QED) is 0.919. The zero-order valence-electron chi connectivity index (χ0n) is 11.6. The van der Waals surface area contributed by atoms with Crippen molar-refractivity contribution in [3.05, 3.63) is 52.8 Å². The fourth-order valence-electron chi connectivity index (χ4n) is 2.41. The largest absolute Gasteiger partial charge is 0.355 e. The van der Waals surface area contributed by atoms with E-state index in [9.17, 15) is 4.79 Å². The first kappa shape index (κ1) is 14.1. The number of anilines is 2. The fraction of sp³-hybridized carbons (Fsp3) is 0.250. The fourth-order valence-corrected chi connectivity index (χ4v) is 2.67. The topological polar surface area (TPSA) is 45.2 Å². The van der Waals surface area contributed by atoms with Gasteiger partial charge in [0.1, 0.15) is 5.69 Å². The molecule has 0 saturated carbocycles. The van der Waals surface area contributed by atoms with E-state index < -0.39 is 0 Å². The van der Waals surface area contributed by atoms with Gasteiger partial charge in [0.2, 0.25) is 0 Å². The Kier molecular flexibility index (Phi) is 4.20. The molecule has 2 aromatic rings. The van der Waals surface area contributed by atoms with Crippen LogP contribution in [0.15, 0.2) is 47.1 Å². The number of pyridine rings is 1. The molecule has 2 heterocycles. The van der Waals surface area contributed by atoms with Crippen LogP contribution in [0, 0.1) is 0 Å². The highest BCUT2D eigenvalue weighted by Crippen LogP contribution is 2.20. The molecule has 1 aromatic carbocycles. The Bertz CT molecular complexity index is 636. The lowest BCUT2D eigenvalue weighted by Gasteiger charge is -2.15. The van der Waals surface area contributed by atoms with Crippen molar-refractivity contribution in [1.82, 2.24) is 9.88 Å². The maximum atomic E-state index is 12.3. The Balaban J connectivity index is 1.76. The number of carbonyl (C=O) groups excluding carboxylic acids is 1. The van der Waals surface area contributed by atoms with Gasteiger partial charge < -0.3 is 10.2 Å². The molecule has 1 amide bonds. The highest BCUT2D eigenvalue weighted by molar-refractivity contribution is 9.10. The predicted octanol–water partition coefficient (Wildman–Crippen LogP) is 3.82. The van der Waals surface area contributed by atoms with Gasteiger partial charge in [-0.3, -0.25) is 9.78 Å². The molecule has 0 bridgehead atoms. The van der Waals surface area contributed by atoms with Crippen molar-refractivity contribution < 1.29 is 4.79 Å². The van der Waals surface area contributed by atoms with Gasteiger partial charge in [0.15, 0.2) is 0 Å². The van der Waals surface area contributed by atoms with Gasteiger partial charge in [-0.15, -0.1) is 0 Å². The molecule has 1 aliphatic heterocycles. The van der Waals surface area contributed by atoms with E-state index in [4.69, 9.17) is 0 Å². The van der Waals surface area contributed by atoms with Crippen LogP contribution < -0.4 is 5.32 Å². The molecule has 5 heteroatoms. The lowest BCUT2D eigenvalue weighted by molar-refractivity contribution is 0.0787. The summed E-state index contributed by atoms with van der Waals surface area (Å²) in [5.74, 6) is 0.0203. The molecule has 108 valence electrons. The van der Waals surface area contributed by atoms with Gasteiger partial charge in [-0.2, -0.15) is 0 Å². The second-order valence-corrected chi connectivity index (χ2v) is 5.98. The van der Waals surface area contributed by atoms with Crippen LogP contribution in [0.3, 0.4) is 0 Å². The molecule has 0 radical (unpaired) electrons. The normalized spacial score (nSPS) is 14.2. The van der Waals surface area contributed by atoms with Crippen LogP contribution in [0.4, 0.5) is 11.4 Å². The molecule has 4 nitrogen and oxygen atoms in total. The van der Waals surface area contributed by atoms with Crippen molar-refractivity contribution >= 4 is 33.2 Å². The SMILES string of the molecule is O=C(c1cc(Nc2ccc(Br)cc2)ccn1)N1CCCC1. The zero-order chi connectivity index (χ0) is 14.7. The third-order valence-corrected chi connectivity index (χ3v) is 4.03. The third-order valence-electron chi connectivity index (χ3n) is 3.51. The summed E-state index contributed by atoms with van der Waals surface area (Å²) >= 11 is 3.41. The number of hydrogen-bond acceptors (Lipinski definition) is 3. The average molecular weight is 346 g/mol. The molecule has 1 N–H and O–H groups in total. The molecule has 3 rings (SSSR count). The first-order valence-corrected chi connectivity index (χ1v) is 7.79. The number of carbonyl (C=O) groups is 1. The van der Waals surface area contributed by atoms with Crippen LogP contribution in [0.25, 0.3) is 0 Å². The highest BCUT2D eigenvalue weighted by Gasteiger charge is 2.20. The molecule has 1 fully saturated rings. The molecule has 0 atom stereocenters. The van der Waals surface area contributed by atoms with E-state index in [2.05, 4.69) is 26.2 Å². The first-order valence-electron chi connectivity index (χ1n) is 7.00. The lowest BCUT2D eigenvalue weighted by Crippen LogP contribution is -2.28. The molecule has 0 aliphatic carbocycles. The number of likely N-dealkylation sites (tertiary alicyclic amines) is 1. The summed E-state index contributed by atoms with van der Waals surface area (Å²) < 4.78 is 1.03. The van der Waals surface area contributed by atoms with E-state index in [0.29, 0.717) is 5.69 Å². The van der Waals surface area contributed by atoms with E-state index >= 15 is 0 Å². The number of rotatable bonds is 3. The van der Waals surface area contributed by atoms with Gasteiger partial charge in [0.05, 0.1) is 0 Å². The third kappa shape index (κ3) is 3.42. The van der Waals surface area contributed by atoms with E-state index in [-0.39, 0.29) is 5.91 Å². The second-order valence-electron chi connectivity index (χ2n) is 5.06. The summed E-state index contributed by atoms with van der Waals surface area (Å²) in [6, 6.07) is 11.6. The minimum Gasteiger partial charge on any atom is -0.355 e. The van der Waals surface area contributed by atoms with Crippen molar-refractivity contribution in [2.24, 2.45) is 0 Å². The van der Waals surface area contributed by atoms with E-state index in [1.54, 1.807) is 6.20 Å². The maximum Gasteiger partial charge on any atom is 0.272 e. The van der Waals surface area contributed by atoms with Gasteiger partial charge in [-0.1, -0.05) is 15.9 Å². The van der Waals surface area contributed by atoms with Crippen LogP contribution in [0.5, 0.6) is 0 Å². The summed E-state index contributed by atoms with van der Waals surface area (Å²) in [6.45, 7) is 1.68. The molecule has 0 unspecified atom stereocenters. The summed E-state index contributed by atoms with van der Waals surface area (Å²) in [6.07, 6.45) is 3.84. The van der Waals surface area contributed by atoms with Crippen molar-refractivity contribution in [1.29, 1.82) is 0 Å². The highest BCUT2D eigenvalue weighted by atomic mass is 79.9. The van der Waals surface area contributed by atoms with Crippen molar-refractivity contribution in [3.63, 3.8) is 0 Å². The average Bonchev–Trinajstić information content (AvgIpc) is 3.03. The molecule has 1 aliphatic rings. The molecule has 1 saturated heterocycles. The van der Waals surface area contributed by atoms with Gasteiger partial charge in [0.25, 0.3) is 5.91 Å². The number of hydrogen-bond donors (Lipinski definition) is 1. The Morgan fingerprint density at radius 1 is 1.10 bits per heavy atom. The molecule has 21 heavy (non-hydrogen) atoms. The Morgan fingerprint density at radius 2 is 1.81 bits per heavy atom. The zero-order valence-corrected chi connectivity index (χ0v) is 13.1. The smallest absolute Gasteiger partial charge is 0.272 e. The van der Waals surface area contributed by atoms with Crippen LogP contribution in [0.2, 0.25) is 0 Å². The van der Waals surface area contributed by atoms with Crippen molar-refractivity contribution in [3.8, 4) is 0 Å². The Morgan fingerprint density at radius 3 is 2.52 bits per heavy atom. The predicted molar refractivity (Wildman–Crippen MR) is 86.8 cm³/mol. The van der Waals surface area contributed by atoms with Crippen LogP contribution in [-0.2, 0) is 0 Å². The first-order chi connectivity index (χ1) is 10.2. The number of halogens is 1. The van der Waals surface area contributed by atoms with E-state index in [0.717, 1.165) is 41.8 Å². The molecular weight excluding hydrogens is 330 g/mol. The van der Waals surface area contributed by atoms with Gasteiger partial charge in [-0.25, -0.2) is 0 Å². The molecule has 0 spiro atoms. The maximum absolute atomic E-state index is 12.3. The summed E-state index contributed by atoms with van der Waals surface area (Å²) in [5, 5.41) is 3.29. The van der Waals surface area contributed by atoms with Crippen LogP contribution in [0.1, 0.15) is 23.3 Å². The number of nitrogens with one attached hydrogen (secondary N) is 1. The summed E-state index contributed by atoms with van der Waals surface area (Å²) in [5.41, 5.74) is 2.35. The number of aromatic nitrogens is 1.